The van der Waals surface area contributed by atoms with Gasteiger partial charge in [-0.15, -0.1) is 0 Å². The zero-order chi connectivity index (χ0) is 29.4. The van der Waals surface area contributed by atoms with Gasteiger partial charge in [0, 0.05) is 38.6 Å². The predicted octanol–water partition coefficient (Wildman–Crippen LogP) is 11.3. The second-order valence-corrected chi connectivity index (χ2v) is 10.1. The molecule has 0 aromatic heterocycles. The van der Waals surface area contributed by atoms with Crippen molar-refractivity contribution in [2.45, 2.75) is 0 Å². The molecule has 205 valence electrons. The molecule has 0 saturated heterocycles. The summed E-state index contributed by atoms with van der Waals surface area (Å²) >= 11 is 6.68. The summed E-state index contributed by atoms with van der Waals surface area (Å²) in [4.78, 5) is 4.49. The number of halogens is 1. The Balaban J connectivity index is 0.000000177. The Morgan fingerprint density at radius 2 is 0.571 bits per heavy atom. The molecule has 6 aromatic carbocycles. The second kappa shape index (κ2) is 16.8. The first-order valence-electron chi connectivity index (χ1n) is 13.4. The van der Waals surface area contributed by atoms with Crippen LogP contribution in [0, 0.1) is 0 Å². The Morgan fingerprint density at radius 3 is 0.786 bits per heavy atom. The van der Waals surface area contributed by atoms with Crippen LogP contribution in [0.15, 0.2) is 185 Å². The van der Waals surface area contributed by atoms with E-state index in [1.807, 2.05) is 30.3 Å². The summed E-state index contributed by atoms with van der Waals surface area (Å²) in [6.07, 6.45) is 0. The van der Waals surface area contributed by atoms with Crippen LogP contribution in [0.3, 0.4) is 0 Å². The minimum Gasteiger partial charge on any atom is -0.311 e. The number of thiol groups is 1. The molecule has 0 atom stereocenters. The number of para-hydroxylation sites is 5. The molecule has 0 aliphatic carbocycles. The van der Waals surface area contributed by atoms with Gasteiger partial charge in [0.05, 0.1) is 0 Å². The van der Waals surface area contributed by atoms with Crippen LogP contribution in [-0.2, 0) is 0 Å². The van der Waals surface area contributed by atoms with E-state index in [4.69, 9.17) is 0 Å². The van der Waals surface area contributed by atoms with Crippen molar-refractivity contribution in [3.8, 4) is 0 Å². The Hall–Kier alpha value is -4.39. The number of benzene rings is 6. The Kier molecular flexibility index (Phi) is 12.2. The van der Waals surface area contributed by atoms with E-state index in [9.17, 15) is 0 Å². The predicted molar refractivity (Wildman–Crippen MR) is 187 cm³/mol. The van der Waals surface area contributed by atoms with Crippen molar-refractivity contribution in [1.82, 2.24) is 0 Å². The maximum atomic E-state index is 4.34. The molecule has 0 N–H and O–H groups in total. The van der Waals surface area contributed by atoms with Crippen LogP contribution < -0.4 is 9.80 Å². The van der Waals surface area contributed by atoms with E-state index in [1.54, 1.807) is 0 Å². The maximum absolute atomic E-state index is 4.34. The first kappa shape index (κ1) is 30.6. The minimum atomic E-state index is 1.09. The summed E-state index contributed by atoms with van der Waals surface area (Å²) in [6.45, 7) is 0. The average Bonchev–Trinajstić information content (AvgIpc) is 3.06. The molecule has 6 rings (SSSR count). The summed E-state index contributed by atoms with van der Waals surface area (Å²) in [5, 5.41) is 0. The van der Waals surface area contributed by atoms with Crippen molar-refractivity contribution < 1.29 is 0 Å². The van der Waals surface area contributed by atoms with E-state index in [0.717, 1.165) is 21.5 Å². The van der Waals surface area contributed by atoms with E-state index in [-0.39, 0.29) is 0 Å². The molecular formula is C36H30BBrN3S. The fraction of sp³-hybridized carbons (Fsp3) is 0. The normalized spacial score (nSPS) is 9.74. The first-order chi connectivity index (χ1) is 20.7. The topological polar surface area (TPSA) is 18.8 Å². The van der Waals surface area contributed by atoms with Crippen LogP contribution >= 0.6 is 28.7 Å². The van der Waals surface area contributed by atoms with Gasteiger partial charge in [-0.3, -0.25) is 0 Å². The van der Waals surface area contributed by atoms with E-state index in [1.165, 1.54) is 17.1 Å². The minimum absolute atomic E-state index is 1.09. The molecule has 42 heavy (non-hydrogen) atoms. The van der Waals surface area contributed by atoms with Gasteiger partial charge in [-0.25, -0.2) is 0 Å². The van der Waals surface area contributed by atoms with Gasteiger partial charge in [0.1, 0.15) is 0 Å². The third kappa shape index (κ3) is 8.81. The number of rotatable bonds is 6. The number of hydrogen-bond donors (Lipinski definition) is 1. The molecule has 0 aliphatic rings. The van der Waals surface area contributed by atoms with E-state index < -0.39 is 0 Å². The Bertz CT molecular complexity index is 1460. The quantitative estimate of drug-likeness (QED) is 0.146. The van der Waals surface area contributed by atoms with Crippen LogP contribution in [-0.4, -0.2) is 7.64 Å². The SMILES string of the molecule is Brc1ccc(N(c2ccccc2)c2ccccc2)cc1.[B]=NS.c1ccc(N(c2ccccc2)c2ccccc2)cc1. The Morgan fingerprint density at radius 1 is 0.381 bits per heavy atom. The average molecular weight is 627 g/mol. The van der Waals surface area contributed by atoms with Gasteiger partial charge < -0.3 is 9.80 Å². The molecular weight excluding hydrogens is 597 g/mol. The maximum Gasteiger partial charge on any atom is 0.0461 e. The van der Waals surface area contributed by atoms with E-state index in [2.05, 4.69) is 196 Å². The molecule has 0 heterocycles. The number of hydrogen-bond acceptors (Lipinski definition) is 4. The third-order valence-corrected chi connectivity index (χ3v) is 6.69. The largest absolute Gasteiger partial charge is 0.311 e. The molecule has 0 spiro atoms. The van der Waals surface area contributed by atoms with Gasteiger partial charge in [0.25, 0.3) is 0 Å². The third-order valence-electron chi connectivity index (χ3n) is 6.16. The van der Waals surface area contributed by atoms with Crippen LogP contribution in [0.25, 0.3) is 0 Å². The van der Waals surface area contributed by atoms with E-state index >= 15 is 0 Å². The van der Waals surface area contributed by atoms with Crippen LogP contribution in [0.1, 0.15) is 0 Å². The van der Waals surface area contributed by atoms with Gasteiger partial charge >= 0.3 is 24.8 Å². The molecule has 3 nitrogen and oxygen atoms in total. The van der Waals surface area contributed by atoms with Gasteiger partial charge in [-0.2, -0.15) is 0 Å². The summed E-state index contributed by atoms with van der Waals surface area (Å²) in [5.41, 5.74) is 6.95. The molecule has 6 aromatic rings. The van der Waals surface area contributed by atoms with Gasteiger partial charge in [0.2, 0.25) is 0 Å². The van der Waals surface area contributed by atoms with Crippen molar-refractivity contribution >= 4 is 70.5 Å². The van der Waals surface area contributed by atoms with Gasteiger partial charge in [-0.05, 0) is 84.9 Å². The zero-order valence-corrected chi connectivity index (χ0v) is 25.5. The smallest absolute Gasteiger partial charge is 0.0461 e. The van der Waals surface area contributed by atoms with Crippen molar-refractivity contribution in [3.63, 3.8) is 0 Å². The molecule has 0 unspecified atom stereocenters. The second-order valence-electron chi connectivity index (χ2n) is 8.94. The van der Waals surface area contributed by atoms with Gasteiger partial charge in [-0.1, -0.05) is 107 Å². The van der Waals surface area contributed by atoms with Crippen molar-refractivity contribution in [1.29, 1.82) is 0 Å². The summed E-state index contributed by atoms with van der Waals surface area (Å²) in [6, 6.07) is 60.4. The van der Waals surface area contributed by atoms with Crippen molar-refractivity contribution in [2.75, 3.05) is 9.80 Å². The molecule has 0 saturated carbocycles. The summed E-state index contributed by atoms with van der Waals surface area (Å²) in [7, 11) is 4.34. The van der Waals surface area contributed by atoms with E-state index in [0.29, 0.717) is 0 Å². The fourth-order valence-electron chi connectivity index (χ4n) is 4.37. The summed E-state index contributed by atoms with van der Waals surface area (Å²) < 4.78 is 3.78. The first-order valence-corrected chi connectivity index (χ1v) is 14.6. The monoisotopic (exact) mass is 626 g/mol. The van der Waals surface area contributed by atoms with Crippen molar-refractivity contribution in [2.24, 2.45) is 4.30 Å². The van der Waals surface area contributed by atoms with Crippen LogP contribution in [0.5, 0.6) is 0 Å². The Labute approximate surface area is 263 Å². The van der Waals surface area contributed by atoms with Crippen LogP contribution in [0.2, 0.25) is 0 Å². The molecule has 0 fully saturated rings. The number of anilines is 6. The zero-order valence-electron chi connectivity index (χ0n) is 23.0. The van der Waals surface area contributed by atoms with Gasteiger partial charge in [0.15, 0.2) is 0 Å². The molecule has 1 radical (unpaired) electrons. The number of nitrogens with zero attached hydrogens (tertiary/aromatic N) is 3. The summed E-state index contributed by atoms with van der Waals surface area (Å²) in [5.74, 6) is 0. The molecule has 0 aliphatic heterocycles. The van der Waals surface area contributed by atoms with Crippen LogP contribution in [0.4, 0.5) is 34.1 Å². The molecule has 0 amide bonds. The standard InChI is InChI=1S/C18H14BrN.C18H15N.BHNS/c19-15-11-13-18(14-12-15)20(16-7-3-1-4-8-16)17-9-5-2-6-10-17;1-4-10-16(11-5-1)19(17-12-6-2-7-13-17)18-14-8-3-9-15-18;1-2-3/h1-14H;1-15H;3H. The molecule has 0 bridgehead atoms. The molecule has 6 heteroatoms. The van der Waals surface area contributed by atoms with Crippen molar-refractivity contribution in [3.05, 3.63) is 180 Å². The fourth-order valence-corrected chi connectivity index (χ4v) is 4.63.